The molecule has 0 saturated carbocycles. The lowest BCUT2D eigenvalue weighted by Gasteiger charge is -2.34. The normalized spacial score (nSPS) is 20.1. The molecular formula is C25H32N2O5S. The van der Waals surface area contributed by atoms with Crippen LogP contribution in [0.2, 0.25) is 0 Å². The molecule has 0 spiro atoms. The van der Waals surface area contributed by atoms with Gasteiger partial charge in [0.25, 0.3) is 5.91 Å². The second-order valence-electron chi connectivity index (χ2n) is 8.88. The van der Waals surface area contributed by atoms with Crippen molar-refractivity contribution in [3.8, 4) is 0 Å². The molecule has 0 unspecified atom stereocenters. The molecule has 2 aromatic carbocycles. The van der Waals surface area contributed by atoms with Crippen molar-refractivity contribution in [1.29, 1.82) is 0 Å². The minimum Gasteiger partial charge on any atom is -0.449 e. The third kappa shape index (κ3) is 6.21. The molecule has 2 aromatic rings. The highest BCUT2D eigenvalue weighted by atomic mass is 32.2. The minimum atomic E-state index is -3.63. The molecule has 1 amide bonds. The fourth-order valence-electron chi connectivity index (χ4n) is 4.06. The summed E-state index contributed by atoms with van der Waals surface area (Å²) >= 11 is 0. The maximum absolute atomic E-state index is 13.0. The molecular weight excluding hydrogens is 440 g/mol. The number of ether oxygens (including phenoxy) is 1. The van der Waals surface area contributed by atoms with E-state index >= 15 is 0 Å². The van der Waals surface area contributed by atoms with Crippen molar-refractivity contribution < 1.29 is 22.7 Å². The van der Waals surface area contributed by atoms with E-state index in [0.717, 1.165) is 18.4 Å². The van der Waals surface area contributed by atoms with Crippen molar-refractivity contribution in [3.05, 3.63) is 59.7 Å². The van der Waals surface area contributed by atoms with E-state index in [0.29, 0.717) is 30.6 Å². The summed E-state index contributed by atoms with van der Waals surface area (Å²) in [6.45, 7) is 8.62. The van der Waals surface area contributed by atoms with Gasteiger partial charge >= 0.3 is 5.97 Å². The Hall–Kier alpha value is -2.71. The molecule has 1 saturated heterocycles. The van der Waals surface area contributed by atoms with Crippen LogP contribution in [0.15, 0.2) is 53.4 Å². The number of rotatable bonds is 7. The fraction of sp³-hybridized carbons (Fsp3) is 0.440. The van der Waals surface area contributed by atoms with Crippen LogP contribution in [0.25, 0.3) is 0 Å². The average molecular weight is 473 g/mol. The molecule has 3 rings (SSSR count). The van der Waals surface area contributed by atoms with Crippen LogP contribution in [-0.2, 0) is 26.0 Å². The summed E-state index contributed by atoms with van der Waals surface area (Å²) in [5.41, 5.74) is 1.96. The van der Waals surface area contributed by atoms with Gasteiger partial charge in [0.1, 0.15) is 0 Å². The quantitative estimate of drug-likeness (QED) is 0.613. The van der Waals surface area contributed by atoms with Gasteiger partial charge in [-0.25, -0.2) is 13.2 Å². The number of esters is 1. The molecule has 1 aliphatic heterocycles. The minimum absolute atomic E-state index is 0.140. The SMILES string of the molecule is CCc1ccc(NC(=O)[C@H](C)OC(=O)c2ccc(S(=O)(=O)N3C[C@H](C)C[C@@H](C)C3)cc2)cc1. The Morgan fingerprint density at radius 2 is 1.61 bits per heavy atom. The number of benzene rings is 2. The van der Waals surface area contributed by atoms with Crippen LogP contribution in [0.5, 0.6) is 0 Å². The van der Waals surface area contributed by atoms with Crippen molar-refractivity contribution in [2.24, 2.45) is 11.8 Å². The fourth-order valence-corrected chi connectivity index (χ4v) is 5.74. The van der Waals surface area contributed by atoms with E-state index < -0.39 is 28.0 Å². The lowest BCUT2D eigenvalue weighted by molar-refractivity contribution is -0.123. The standard InChI is InChI=1S/C25H32N2O5S/c1-5-20-6-10-22(11-7-20)26-24(28)19(4)32-25(29)21-8-12-23(13-9-21)33(30,31)27-15-17(2)14-18(3)16-27/h6-13,17-19H,5,14-16H2,1-4H3,(H,26,28)/t17-,18-,19+/m1/s1. The lowest BCUT2D eigenvalue weighted by atomic mass is 9.94. The van der Waals surface area contributed by atoms with Crippen LogP contribution in [0.1, 0.15) is 50.0 Å². The average Bonchev–Trinajstić information content (AvgIpc) is 2.79. The van der Waals surface area contributed by atoms with Crippen LogP contribution in [0.4, 0.5) is 5.69 Å². The third-order valence-electron chi connectivity index (χ3n) is 5.85. The number of carbonyl (C=O) groups excluding carboxylic acids is 2. The van der Waals surface area contributed by atoms with Crippen LogP contribution in [0.3, 0.4) is 0 Å². The highest BCUT2D eigenvalue weighted by Crippen LogP contribution is 2.27. The molecule has 3 atom stereocenters. The Morgan fingerprint density at radius 3 is 2.15 bits per heavy atom. The molecule has 7 nitrogen and oxygen atoms in total. The summed E-state index contributed by atoms with van der Waals surface area (Å²) in [6.07, 6.45) is 0.897. The van der Waals surface area contributed by atoms with Gasteiger partial charge in [-0.05, 0) is 73.6 Å². The monoisotopic (exact) mass is 472 g/mol. The van der Waals surface area contributed by atoms with Gasteiger partial charge in [-0.3, -0.25) is 4.79 Å². The van der Waals surface area contributed by atoms with Gasteiger partial charge < -0.3 is 10.1 Å². The summed E-state index contributed by atoms with van der Waals surface area (Å²) < 4.78 is 32.8. The molecule has 8 heteroatoms. The van der Waals surface area contributed by atoms with Crippen LogP contribution in [-0.4, -0.2) is 43.8 Å². The number of anilines is 1. The summed E-state index contributed by atoms with van der Waals surface area (Å²) in [7, 11) is -3.63. The maximum atomic E-state index is 13.0. The van der Waals surface area contributed by atoms with Gasteiger partial charge in [0.2, 0.25) is 10.0 Å². The first-order chi connectivity index (χ1) is 15.6. The highest BCUT2D eigenvalue weighted by Gasteiger charge is 2.31. The van der Waals surface area contributed by atoms with Gasteiger partial charge in [0.15, 0.2) is 6.10 Å². The van der Waals surface area contributed by atoms with Crippen LogP contribution < -0.4 is 5.32 Å². The zero-order valence-electron chi connectivity index (χ0n) is 19.6. The van der Waals surface area contributed by atoms with Crippen molar-refractivity contribution in [3.63, 3.8) is 0 Å². The predicted molar refractivity (Wildman–Crippen MR) is 127 cm³/mol. The van der Waals surface area contributed by atoms with Crippen molar-refractivity contribution in [2.45, 2.75) is 51.5 Å². The zero-order valence-corrected chi connectivity index (χ0v) is 20.4. The second-order valence-corrected chi connectivity index (χ2v) is 10.8. The number of nitrogens with one attached hydrogen (secondary N) is 1. The summed E-state index contributed by atoms with van der Waals surface area (Å²) in [5, 5.41) is 2.72. The number of sulfonamides is 1. The Labute approximate surface area is 196 Å². The number of amides is 1. The van der Waals surface area contributed by atoms with E-state index in [9.17, 15) is 18.0 Å². The van der Waals surface area contributed by atoms with E-state index in [1.165, 1.54) is 35.5 Å². The van der Waals surface area contributed by atoms with Gasteiger partial charge in [0.05, 0.1) is 10.5 Å². The van der Waals surface area contributed by atoms with Gasteiger partial charge in [0, 0.05) is 18.8 Å². The number of carbonyl (C=O) groups is 2. The van der Waals surface area contributed by atoms with Gasteiger partial charge in [-0.15, -0.1) is 0 Å². The first-order valence-corrected chi connectivity index (χ1v) is 12.7. The summed E-state index contributed by atoms with van der Waals surface area (Å²) in [6, 6.07) is 13.1. The Balaban J connectivity index is 1.61. The molecule has 0 aliphatic carbocycles. The van der Waals surface area contributed by atoms with E-state index in [1.807, 2.05) is 19.1 Å². The smallest absolute Gasteiger partial charge is 0.338 e. The van der Waals surface area contributed by atoms with E-state index in [4.69, 9.17) is 4.74 Å². The third-order valence-corrected chi connectivity index (χ3v) is 7.69. The number of hydrogen-bond acceptors (Lipinski definition) is 5. The largest absolute Gasteiger partial charge is 0.449 e. The molecule has 178 valence electrons. The first-order valence-electron chi connectivity index (χ1n) is 11.3. The van der Waals surface area contributed by atoms with E-state index in [-0.39, 0.29) is 10.5 Å². The number of aryl methyl sites for hydroxylation is 1. The van der Waals surface area contributed by atoms with E-state index in [2.05, 4.69) is 19.2 Å². The van der Waals surface area contributed by atoms with Gasteiger partial charge in [-0.1, -0.05) is 32.9 Å². The topological polar surface area (TPSA) is 92.8 Å². The molecule has 1 fully saturated rings. The molecule has 0 aromatic heterocycles. The van der Waals surface area contributed by atoms with Crippen LogP contribution >= 0.6 is 0 Å². The number of hydrogen-bond donors (Lipinski definition) is 1. The highest BCUT2D eigenvalue weighted by molar-refractivity contribution is 7.89. The summed E-state index contributed by atoms with van der Waals surface area (Å²) in [4.78, 5) is 25.0. The maximum Gasteiger partial charge on any atom is 0.338 e. The summed E-state index contributed by atoms with van der Waals surface area (Å²) in [5.74, 6) is -0.534. The Morgan fingerprint density at radius 1 is 1.03 bits per heavy atom. The zero-order chi connectivity index (χ0) is 24.2. The molecule has 0 radical (unpaired) electrons. The van der Waals surface area contributed by atoms with Crippen molar-refractivity contribution >= 4 is 27.6 Å². The van der Waals surface area contributed by atoms with Gasteiger partial charge in [-0.2, -0.15) is 4.31 Å². The van der Waals surface area contributed by atoms with Crippen molar-refractivity contribution in [2.75, 3.05) is 18.4 Å². The number of piperidine rings is 1. The van der Waals surface area contributed by atoms with Crippen molar-refractivity contribution in [1.82, 2.24) is 4.31 Å². The molecule has 1 heterocycles. The van der Waals surface area contributed by atoms with E-state index in [1.54, 1.807) is 12.1 Å². The molecule has 1 aliphatic rings. The molecule has 0 bridgehead atoms. The first kappa shape index (κ1) is 24.9. The molecule has 33 heavy (non-hydrogen) atoms. The van der Waals surface area contributed by atoms with Crippen LogP contribution in [0, 0.1) is 11.8 Å². The Bertz CT molecular complexity index is 1070. The number of nitrogens with zero attached hydrogens (tertiary/aromatic N) is 1. The lowest BCUT2D eigenvalue weighted by Crippen LogP contribution is -2.42. The second kappa shape index (κ2) is 10.5. The molecule has 1 N–H and O–H groups in total. The Kier molecular flexibility index (Phi) is 7.92. The predicted octanol–water partition coefficient (Wildman–Crippen LogP) is 4.10.